The molecule has 1 rings (SSSR count). The highest BCUT2D eigenvalue weighted by Gasteiger charge is 2.14. The van der Waals surface area contributed by atoms with E-state index in [1.807, 2.05) is 0 Å². The fourth-order valence-electron chi connectivity index (χ4n) is 0.949. The van der Waals surface area contributed by atoms with E-state index in [1.165, 1.54) is 0 Å². The Labute approximate surface area is 73.3 Å². The van der Waals surface area contributed by atoms with Crippen LogP contribution in [0.5, 0.6) is 0 Å². The molecule has 72 valence electrons. The Hall–Kier alpha value is -1.07. The highest BCUT2D eigenvalue weighted by atomic mass is 19.2. The summed E-state index contributed by atoms with van der Waals surface area (Å²) in [6, 6.07) is 0.373. The van der Waals surface area contributed by atoms with Crippen molar-refractivity contribution in [1.29, 1.82) is 0 Å². The first-order valence-electron chi connectivity index (χ1n) is 3.66. The molecule has 5 heteroatoms. The molecule has 0 heterocycles. The summed E-state index contributed by atoms with van der Waals surface area (Å²) in [7, 11) is 0. The number of halogens is 3. The van der Waals surface area contributed by atoms with Gasteiger partial charge in [0.2, 0.25) is 0 Å². The van der Waals surface area contributed by atoms with Gasteiger partial charge in [0.1, 0.15) is 5.82 Å². The highest BCUT2D eigenvalue weighted by molar-refractivity contribution is 5.23. The zero-order chi connectivity index (χ0) is 10.0. The lowest BCUT2D eigenvalue weighted by Gasteiger charge is -2.10. The molecule has 0 aromatic heterocycles. The predicted molar refractivity (Wildman–Crippen MR) is 42.3 cm³/mol. The van der Waals surface area contributed by atoms with E-state index in [0.717, 1.165) is 6.07 Å². The van der Waals surface area contributed by atoms with Gasteiger partial charge < -0.3 is 11.5 Å². The van der Waals surface area contributed by atoms with E-state index in [-0.39, 0.29) is 12.1 Å². The molecule has 0 aliphatic carbocycles. The molecule has 2 nitrogen and oxygen atoms in total. The molecule has 4 N–H and O–H groups in total. The van der Waals surface area contributed by atoms with Gasteiger partial charge in [0.25, 0.3) is 0 Å². The minimum atomic E-state index is -1.23. The number of rotatable bonds is 2. The highest BCUT2D eigenvalue weighted by Crippen LogP contribution is 2.18. The van der Waals surface area contributed by atoms with E-state index in [2.05, 4.69) is 0 Å². The molecular weight excluding hydrogens is 181 g/mol. The van der Waals surface area contributed by atoms with E-state index in [1.54, 1.807) is 0 Å². The number of hydrogen-bond acceptors (Lipinski definition) is 2. The molecule has 0 fully saturated rings. The number of nitrogens with two attached hydrogens (primary N) is 2. The summed E-state index contributed by atoms with van der Waals surface area (Å²) in [5, 5.41) is 0. The summed E-state index contributed by atoms with van der Waals surface area (Å²) in [5.74, 6) is -3.23. The third-order valence-corrected chi connectivity index (χ3v) is 1.69. The summed E-state index contributed by atoms with van der Waals surface area (Å²) in [4.78, 5) is 0. The lowest BCUT2D eigenvalue weighted by Crippen LogP contribution is -2.22. The summed E-state index contributed by atoms with van der Waals surface area (Å²) >= 11 is 0. The van der Waals surface area contributed by atoms with Gasteiger partial charge in [-0.15, -0.1) is 0 Å². The topological polar surface area (TPSA) is 52.0 Å². The first kappa shape index (κ1) is 10.0. The lowest BCUT2D eigenvalue weighted by atomic mass is 10.1. The Kier molecular flexibility index (Phi) is 2.90. The summed E-state index contributed by atoms with van der Waals surface area (Å²) in [5.41, 5.74) is 10.4. The fourth-order valence-corrected chi connectivity index (χ4v) is 0.949. The van der Waals surface area contributed by atoms with Crippen LogP contribution in [0.15, 0.2) is 12.1 Å². The van der Waals surface area contributed by atoms with E-state index in [0.29, 0.717) is 6.07 Å². The molecule has 0 radical (unpaired) electrons. The van der Waals surface area contributed by atoms with Gasteiger partial charge in [0, 0.05) is 24.2 Å². The fraction of sp³-hybridized carbons (Fsp3) is 0.250. The second kappa shape index (κ2) is 3.76. The van der Waals surface area contributed by atoms with Crippen molar-refractivity contribution in [3.8, 4) is 0 Å². The first-order valence-corrected chi connectivity index (χ1v) is 3.66. The van der Waals surface area contributed by atoms with E-state index >= 15 is 0 Å². The van der Waals surface area contributed by atoms with Gasteiger partial charge in [-0.25, -0.2) is 13.2 Å². The number of hydrogen-bond donors (Lipinski definition) is 2. The van der Waals surface area contributed by atoms with Crippen molar-refractivity contribution in [3.05, 3.63) is 35.1 Å². The summed E-state index contributed by atoms with van der Waals surface area (Å²) in [6.07, 6.45) is 0. The van der Waals surface area contributed by atoms with Crippen LogP contribution >= 0.6 is 0 Å². The normalized spacial score (nSPS) is 13.0. The molecule has 1 aromatic rings. The van der Waals surface area contributed by atoms with Gasteiger partial charge in [-0.1, -0.05) is 0 Å². The van der Waals surface area contributed by atoms with Crippen molar-refractivity contribution >= 4 is 0 Å². The van der Waals surface area contributed by atoms with Crippen LogP contribution in [0.4, 0.5) is 13.2 Å². The maximum Gasteiger partial charge on any atom is 0.161 e. The van der Waals surface area contributed by atoms with Crippen LogP contribution in [0, 0.1) is 17.5 Å². The molecule has 0 saturated carbocycles. The second-order valence-corrected chi connectivity index (χ2v) is 2.63. The smallest absolute Gasteiger partial charge is 0.161 e. The Bertz CT molecular complexity index is 315. The van der Waals surface area contributed by atoms with Crippen molar-refractivity contribution in [1.82, 2.24) is 0 Å². The van der Waals surface area contributed by atoms with Crippen LogP contribution in [-0.2, 0) is 0 Å². The average Bonchev–Trinajstić information content (AvgIpc) is 2.10. The maximum atomic E-state index is 12.9. The minimum Gasteiger partial charge on any atom is -0.329 e. The zero-order valence-electron chi connectivity index (χ0n) is 6.73. The predicted octanol–water partition coefficient (Wildman–Crippen LogP) is 1.06. The average molecular weight is 190 g/mol. The van der Waals surface area contributed by atoms with Gasteiger partial charge in [0.05, 0.1) is 0 Å². The number of benzene rings is 1. The van der Waals surface area contributed by atoms with Crippen LogP contribution in [0.3, 0.4) is 0 Å². The molecule has 0 saturated heterocycles. The van der Waals surface area contributed by atoms with Crippen LogP contribution in [0.2, 0.25) is 0 Å². The third-order valence-electron chi connectivity index (χ3n) is 1.69. The standard InChI is InChI=1S/C8H9F3N2/c9-5-2-7(11)6(10)1-4(5)8(13)3-12/h1-2,8H,3,12-13H2/t8-/m1/s1. The van der Waals surface area contributed by atoms with Crippen LogP contribution in [-0.4, -0.2) is 6.54 Å². The van der Waals surface area contributed by atoms with E-state index in [9.17, 15) is 13.2 Å². The van der Waals surface area contributed by atoms with Crippen LogP contribution < -0.4 is 11.5 Å². The van der Waals surface area contributed by atoms with Crippen molar-refractivity contribution in [2.75, 3.05) is 6.54 Å². The largest absolute Gasteiger partial charge is 0.329 e. The van der Waals surface area contributed by atoms with E-state index in [4.69, 9.17) is 11.5 Å². The third kappa shape index (κ3) is 1.99. The first-order chi connectivity index (χ1) is 6.06. The molecule has 0 aliphatic heterocycles. The Balaban J connectivity index is 3.15. The molecule has 1 aromatic carbocycles. The Morgan fingerprint density at radius 2 is 1.62 bits per heavy atom. The monoisotopic (exact) mass is 190 g/mol. The molecule has 13 heavy (non-hydrogen) atoms. The van der Waals surface area contributed by atoms with Crippen LogP contribution in [0.25, 0.3) is 0 Å². The van der Waals surface area contributed by atoms with Gasteiger partial charge >= 0.3 is 0 Å². The molecule has 0 aliphatic rings. The Morgan fingerprint density at radius 3 is 2.15 bits per heavy atom. The van der Waals surface area contributed by atoms with Crippen molar-refractivity contribution < 1.29 is 13.2 Å². The van der Waals surface area contributed by atoms with Gasteiger partial charge in [-0.2, -0.15) is 0 Å². The van der Waals surface area contributed by atoms with Gasteiger partial charge in [0.15, 0.2) is 11.6 Å². The molecular formula is C8H9F3N2. The quantitative estimate of drug-likeness (QED) is 0.685. The van der Waals surface area contributed by atoms with Crippen molar-refractivity contribution in [2.24, 2.45) is 11.5 Å². The summed E-state index contributed by atoms with van der Waals surface area (Å²) in [6.45, 7) is -0.0258. The molecule has 0 spiro atoms. The molecule has 0 unspecified atom stereocenters. The zero-order valence-corrected chi connectivity index (χ0v) is 6.73. The molecule has 0 bridgehead atoms. The minimum absolute atomic E-state index is 0.0258. The van der Waals surface area contributed by atoms with Gasteiger partial charge in [-0.3, -0.25) is 0 Å². The van der Waals surface area contributed by atoms with Crippen LogP contribution in [0.1, 0.15) is 11.6 Å². The molecule has 1 atom stereocenters. The Morgan fingerprint density at radius 1 is 1.08 bits per heavy atom. The maximum absolute atomic E-state index is 12.9. The van der Waals surface area contributed by atoms with Crippen molar-refractivity contribution in [3.63, 3.8) is 0 Å². The van der Waals surface area contributed by atoms with Crippen molar-refractivity contribution in [2.45, 2.75) is 6.04 Å². The molecule has 0 amide bonds. The lowest BCUT2D eigenvalue weighted by molar-refractivity contribution is 0.485. The van der Waals surface area contributed by atoms with Gasteiger partial charge in [-0.05, 0) is 6.07 Å². The van der Waals surface area contributed by atoms with E-state index < -0.39 is 23.5 Å². The summed E-state index contributed by atoms with van der Waals surface area (Å²) < 4.78 is 38.0. The second-order valence-electron chi connectivity index (χ2n) is 2.63. The SMILES string of the molecule is NC[C@@H](N)c1cc(F)c(F)cc1F.